The van der Waals surface area contributed by atoms with Gasteiger partial charge >= 0.3 is 0 Å². The van der Waals surface area contributed by atoms with Crippen LogP contribution in [0.15, 0.2) is 72.8 Å². The van der Waals surface area contributed by atoms with Crippen LogP contribution in [0.1, 0.15) is 30.8 Å². The Bertz CT molecular complexity index is 982. The number of hydrogen-bond acceptors (Lipinski definition) is 6. The van der Waals surface area contributed by atoms with Gasteiger partial charge in [-0.25, -0.2) is 0 Å². The summed E-state index contributed by atoms with van der Waals surface area (Å²) >= 11 is 1.63. The summed E-state index contributed by atoms with van der Waals surface area (Å²) in [4.78, 5) is 0. The van der Waals surface area contributed by atoms with Gasteiger partial charge in [0, 0.05) is 12.0 Å². The van der Waals surface area contributed by atoms with Gasteiger partial charge in [0.2, 0.25) is 0 Å². The van der Waals surface area contributed by atoms with Crippen molar-refractivity contribution in [2.45, 2.75) is 50.0 Å². The molecule has 2 saturated heterocycles. The molecule has 2 fully saturated rings. The molecule has 32 heavy (non-hydrogen) atoms. The van der Waals surface area contributed by atoms with E-state index in [4.69, 9.17) is 19.3 Å². The lowest BCUT2D eigenvalue weighted by Gasteiger charge is -2.43. The van der Waals surface area contributed by atoms with Gasteiger partial charge in [-0.05, 0) is 28.2 Å². The molecule has 2 aliphatic heterocycles. The average molecular weight is 455 g/mol. The Hall–Kier alpha value is -1.93. The lowest BCUT2D eigenvalue weighted by atomic mass is 10.0. The molecule has 0 aromatic heterocycles. The SMILES string of the molecule is CCSC1OC2COC(c3ccccc3)OC2C[C@@H]1O.OCc1ccc2ccccc2c1. The first-order chi connectivity index (χ1) is 15.7. The van der Waals surface area contributed by atoms with Crippen LogP contribution in [0.4, 0.5) is 0 Å². The molecule has 2 N–H and O–H groups in total. The third-order valence-corrected chi connectivity index (χ3v) is 6.71. The Kier molecular flexibility index (Phi) is 8.19. The third-order valence-electron chi connectivity index (χ3n) is 5.62. The minimum absolute atomic E-state index is 0.0811. The van der Waals surface area contributed by atoms with Crippen molar-refractivity contribution in [3.63, 3.8) is 0 Å². The number of hydrogen-bond donors (Lipinski definition) is 2. The number of rotatable bonds is 4. The lowest BCUT2D eigenvalue weighted by Crippen LogP contribution is -2.52. The van der Waals surface area contributed by atoms with E-state index in [2.05, 4.69) is 19.1 Å². The molecule has 2 aliphatic rings. The molecule has 0 bridgehead atoms. The van der Waals surface area contributed by atoms with Crippen LogP contribution in [0.25, 0.3) is 10.8 Å². The Balaban J connectivity index is 0.000000174. The van der Waals surface area contributed by atoms with Gasteiger partial charge in [0.05, 0.1) is 25.4 Å². The lowest BCUT2D eigenvalue weighted by molar-refractivity contribution is -0.292. The van der Waals surface area contributed by atoms with E-state index in [1.807, 2.05) is 60.7 Å². The second-order valence-electron chi connectivity index (χ2n) is 7.89. The minimum atomic E-state index is -0.476. The van der Waals surface area contributed by atoms with Crippen molar-refractivity contribution in [1.82, 2.24) is 0 Å². The maximum Gasteiger partial charge on any atom is 0.184 e. The number of fused-ring (bicyclic) bond motifs is 2. The second kappa shape index (κ2) is 11.3. The van der Waals surface area contributed by atoms with Gasteiger partial charge in [0.15, 0.2) is 6.29 Å². The fraction of sp³-hybridized carbons (Fsp3) is 0.385. The van der Waals surface area contributed by atoms with E-state index in [0.29, 0.717) is 13.0 Å². The van der Waals surface area contributed by atoms with E-state index < -0.39 is 6.10 Å². The molecule has 6 heteroatoms. The molecule has 3 aromatic carbocycles. The van der Waals surface area contributed by atoms with Crippen LogP contribution in [0, 0.1) is 0 Å². The molecule has 5 rings (SSSR count). The fourth-order valence-electron chi connectivity index (χ4n) is 3.96. The third kappa shape index (κ3) is 5.70. The van der Waals surface area contributed by atoms with E-state index in [-0.39, 0.29) is 30.5 Å². The Labute approximate surface area is 193 Å². The highest BCUT2D eigenvalue weighted by atomic mass is 32.2. The van der Waals surface area contributed by atoms with Crippen LogP contribution in [-0.4, -0.2) is 46.3 Å². The summed E-state index contributed by atoms with van der Waals surface area (Å²) in [5, 5.41) is 21.4. The standard InChI is InChI=1S/C15H20O4S.C11H10O/c1-2-20-15-11(16)8-12-13(19-15)9-17-14(18-12)10-6-4-3-5-7-10;12-8-9-5-6-10-3-1-2-4-11(10)7-9/h3-7,11-16H,2,8-9H2,1H3;1-7,12H,8H2/t11-,12?,13?,14?,15?;/m0./s1. The smallest absolute Gasteiger partial charge is 0.184 e. The number of thioether (sulfide) groups is 1. The molecule has 4 unspecified atom stereocenters. The van der Waals surface area contributed by atoms with Gasteiger partial charge in [0.1, 0.15) is 11.5 Å². The molecule has 0 amide bonds. The van der Waals surface area contributed by atoms with Crippen LogP contribution in [-0.2, 0) is 20.8 Å². The first kappa shape index (κ1) is 23.2. The predicted molar refractivity (Wildman–Crippen MR) is 127 cm³/mol. The van der Waals surface area contributed by atoms with Crippen molar-refractivity contribution in [1.29, 1.82) is 0 Å². The van der Waals surface area contributed by atoms with Crippen molar-refractivity contribution >= 4 is 22.5 Å². The van der Waals surface area contributed by atoms with E-state index in [1.54, 1.807) is 11.8 Å². The summed E-state index contributed by atoms with van der Waals surface area (Å²) in [5.74, 6) is 0.924. The zero-order valence-electron chi connectivity index (χ0n) is 18.2. The summed E-state index contributed by atoms with van der Waals surface area (Å²) in [6.45, 7) is 2.69. The highest BCUT2D eigenvalue weighted by Gasteiger charge is 2.42. The fourth-order valence-corrected chi connectivity index (χ4v) is 4.84. The zero-order valence-corrected chi connectivity index (χ0v) is 19.0. The van der Waals surface area contributed by atoms with Crippen molar-refractivity contribution in [3.05, 3.63) is 83.9 Å². The summed E-state index contributed by atoms with van der Waals surface area (Å²) in [6.07, 6.45) is -0.408. The van der Waals surface area contributed by atoms with E-state index in [9.17, 15) is 5.11 Å². The van der Waals surface area contributed by atoms with Crippen LogP contribution in [0.3, 0.4) is 0 Å². The number of ether oxygens (including phenoxy) is 3. The minimum Gasteiger partial charge on any atom is -0.392 e. The van der Waals surface area contributed by atoms with Crippen molar-refractivity contribution in [2.75, 3.05) is 12.4 Å². The molecule has 170 valence electrons. The van der Waals surface area contributed by atoms with Gasteiger partial charge in [-0.3, -0.25) is 0 Å². The average Bonchev–Trinajstić information content (AvgIpc) is 2.85. The number of aliphatic hydroxyl groups excluding tert-OH is 2. The molecule has 0 radical (unpaired) electrons. The predicted octanol–water partition coefficient (Wildman–Crippen LogP) is 4.66. The summed E-state index contributed by atoms with van der Waals surface area (Å²) in [5.41, 5.74) is 1.81. The zero-order chi connectivity index (χ0) is 22.3. The van der Waals surface area contributed by atoms with Crippen LogP contribution in [0.5, 0.6) is 0 Å². The summed E-state index contributed by atoms with van der Waals surface area (Å²) < 4.78 is 17.6. The number of benzene rings is 3. The normalized spacial score (nSPS) is 27.3. The molecule has 3 aromatic rings. The van der Waals surface area contributed by atoms with Gasteiger partial charge in [-0.15, -0.1) is 11.8 Å². The summed E-state index contributed by atoms with van der Waals surface area (Å²) in [6, 6.07) is 24.0. The number of aliphatic hydroxyl groups is 2. The molecule has 0 saturated carbocycles. The molecule has 5 nitrogen and oxygen atoms in total. The summed E-state index contributed by atoms with van der Waals surface area (Å²) in [7, 11) is 0. The molecule has 2 heterocycles. The van der Waals surface area contributed by atoms with Crippen molar-refractivity contribution in [2.24, 2.45) is 0 Å². The molecule has 5 atom stereocenters. The molecular formula is C26H30O5S. The Morgan fingerprint density at radius 1 is 0.906 bits per heavy atom. The first-order valence-corrected chi connectivity index (χ1v) is 12.1. The maximum atomic E-state index is 10.1. The van der Waals surface area contributed by atoms with E-state index in [0.717, 1.165) is 16.9 Å². The maximum absolute atomic E-state index is 10.1. The van der Waals surface area contributed by atoms with E-state index in [1.165, 1.54) is 10.8 Å². The largest absolute Gasteiger partial charge is 0.392 e. The van der Waals surface area contributed by atoms with Gasteiger partial charge in [0.25, 0.3) is 0 Å². The topological polar surface area (TPSA) is 68.2 Å². The van der Waals surface area contributed by atoms with Crippen molar-refractivity contribution in [3.8, 4) is 0 Å². The Morgan fingerprint density at radius 2 is 1.66 bits per heavy atom. The quantitative estimate of drug-likeness (QED) is 0.598. The van der Waals surface area contributed by atoms with Crippen LogP contribution in [0.2, 0.25) is 0 Å². The molecule has 0 aliphatic carbocycles. The second-order valence-corrected chi connectivity index (χ2v) is 9.27. The van der Waals surface area contributed by atoms with Gasteiger partial charge < -0.3 is 24.4 Å². The van der Waals surface area contributed by atoms with Crippen LogP contribution >= 0.6 is 11.8 Å². The highest BCUT2D eigenvalue weighted by molar-refractivity contribution is 7.99. The van der Waals surface area contributed by atoms with Gasteiger partial charge in [-0.2, -0.15) is 0 Å². The monoisotopic (exact) mass is 454 g/mol. The first-order valence-electron chi connectivity index (χ1n) is 11.0. The van der Waals surface area contributed by atoms with Crippen LogP contribution < -0.4 is 0 Å². The van der Waals surface area contributed by atoms with Crippen molar-refractivity contribution < 1.29 is 24.4 Å². The molecule has 0 spiro atoms. The highest BCUT2D eigenvalue weighted by Crippen LogP contribution is 2.36. The molecular weight excluding hydrogens is 424 g/mol. The Morgan fingerprint density at radius 3 is 2.41 bits per heavy atom. The van der Waals surface area contributed by atoms with E-state index >= 15 is 0 Å². The van der Waals surface area contributed by atoms with Gasteiger partial charge in [-0.1, -0.05) is 73.7 Å².